The largest absolute Gasteiger partial charge is 0.355 e. The zero-order chi connectivity index (χ0) is 21.3. The summed E-state index contributed by atoms with van der Waals surface area (Å²) in [6, 6.07) is 15.6. The Labute approximate surface area is 179 Å². The van der Waals surface area contributed by atoms with Crippen LogP contribution in [0, 0.1) is 13.8 Å². The minimum atomic E-state index is -0.212. The smallest absolute Gasteiger partial charge is 0.282 e. The van der Waals surface area contributed by atoms with Crippen molar-refractivity contribution in [2.45, 2.75) is 13.8 Å². The SMILES string of the molecule is Cc1cc(C)c2nc(N(CCN(C)C)C(=O)c3cc(-c4ccccc4)on3)sc2c1. The Morgan fingerprint density at radius 2 is 1.83 bits per heavy atom. The Balaban J connectivity index is 1.70. The molecule has 0 radical (unpaired) electrons. The van der Waals surface area contributed by atoms with E-state index in [1.54, 1.807) is 11.0 Å². The van der Waals surface area contributed by atoms with Crippen molar-refractivity contribution in [2.24, 2.45) is 0 Å². The van der Waals surface area contributed by atoms with Crippen LogP contribution in [-0.2, 0) is 0 Å². The van der Waals surface area contributed by atoms with Gasteiger partial charge < -0.3 is 9.42 Å². The van der Waals surface area contributed by atoms with Crippen molar-refractivity contribution in [3.8, 4) is 11.3 Å². The summed E-state index contributed by atoms with van der Waals surface area (Å²) in [6.45, 7) is 5.34. The number of anilines is 1. The van der Waals surface area contributed by atoms with Crippen LogP contribution in [0.4, 0.5) is 5.13 Å². The van der Waals surface area contributed by atoms with Gasteiger partial charge in [-0.1, -0.05) is 52.9 Å². The maximum Gasteiger partial charge on any atom is 0.282 e. The van der Waals surface area contributed by atoms with Gasteiger partial charge >= 0.3 is 0 Å². The molecule has 2 aromatic carbocycles. The Morgan fingerprint density at radius 3 is 2.57 bits per heavy atom. The lowest BCUT2D eigenvalue weighted by atomic mass is 10.1. The van der Waals surface area contributed by atoms with Crippen molar-refractivity contribution in [3.63, 3.8) is 0 Å². The van der Waals surface area contributed by atoms with Crippen LogP contribution in [0.2, 0.25) is 0 Å². The summed E-state index contributed by atoms with van der Waals surface area (Å²) in [5.74, 6) is 0.360. The van der Waals surface area contributed by atoms with E-state index in [4.69, 9.17) is 9.51 Å². The number of hydrogen-bond acceptors (Lipinski definition) is 6. The lowest BCUT2D eigenvalue weighted by molar-refractivity contribution is 0.0976. The quantitative estimate of drug-likeness (QED) is 0.449. The van der Waals surface area contributed by atoms with E-state index in [1.807, 2.05) is 49.3 Å². The molecular weight excluding hydrogens is 396 g/mol. The molecule has 0 aliphatic carbocycles. The second kappa shape index (κ2) is 8.38. The number of hydrogen-bond donors (Lipinski definition) is 0. The van der Waals surface area contributed by atoms with Crippen molar-refractivity contribution in [3.05, 3.63) is 65.4 Å². The number of aryl methyl sites for hydroxylation is 2. The number of likely N-dealkylation sites (N-methyl/N-ethyl adjacent to an activating group) is 1. The molecular formula is C23H24N4O2S. The van der Waals surface area contributed by atoms with Crippen LogP contribution in [-0.4, -0.2) is 48.1 Å². The summed E-state index contributed by atoms with van der Waals surface area (Å²) < 4.78 is 6.53. The van der Waals surface area contributed by atoms with Crippen molar-refractivity contribution in [1.82, 2.24) is 15.0 Å². The number of aromatic nitrogens is 2. The molecule has 30 heavy (non-hydrogen) atoms. The van der Waals surface area contributed by atoms with Crippen molar-refractivity contribution >= 4 is 32.6 Å². The van der Waals surface area contributed by atoms with Gasteiger partial charge in [0.05, 0.1) is 10.2 Å². The minimum absolute atomic E-state index is 0.212. The van der Waals surface area contributed by atoms with Crippen molar-refractivity contribution in [1.29, 1.82) is 0 Å². The fourth-order valence-electron chi connectivity index (χ4n) is 3.31. The highest BCUT2D eigenvalue weighted by Crippen LogP contribution is 2.32. The van der Waals surface area contributed by atoms with Crippen LogP contribution in [0.15, 0.2) is 53.1 Å². The zero-order valence-electron chi connectivity index (χ0n) is 17.5. The van der Waals surface area contributed by atoms with E-state index in [0.29, 0.717) is 24.0 Å². The van der Waals surface area contributed by atoms with Crippen molar-refractivity contribution in [2.75, 3.05) is 32.1 Å². The van der Waals surface area contributed by atoms with Gasteiger partial charge in [-0.3, -0.25) is 9.69 Å². The van der Waals surface area contributed by atoms with Crippen LogP contribution >= 0.6 is 11.3 Å². The molecule has 7 heteroatoms. The maximum atomic E-state index is 13.4. The average Bonchev–Trinajstić information content (AvgIpc) is 3.36. The first-order chi connectivity index (χ1) is 14.4. The first kappa shape index (κ1) is 20.3. The third kappa shape index (κ3) is 4.13. The fourth-order valence-corrected chi connectivity index (χ4v) is 4.48. The van der Waals surface area contributed by atoms with Crippen LogP contribution in [0.5, 0.6) is 0 Å². The van der Waals surface area contributed by atoms with E-state index in [1.165, 1.54) is 16.9 Å². The third-order valence-corrected chi connectivity index (χ3v) is 5.88. The molecule has 0 aliphatic rings. The molecule has 0 unspecified atom stereocenters. The number of benzene rings is 2. The van der Waals surface area contributed by atoms with Crippen LogP contribution < -0.4 is 4.90 Å². The number of amides is 1. The fraction of sp³-hybridized carbons (Fsp3) is 0.261. The minimum Gasteiger partial charge on any atom is -0.355 e. The van der Waals surface area contributed by atoms with Crippen LogP contribution in [0.3, 0.4) is 0 Å². The van der Waals surface area contributed by atoms with Crippen LogP contribution in [0.1, 0.15) is 21.6 Å². The summed E-state index contributed by atoms with van der Waals surface area (Å²) in [4.78, 5) is 21.9. The normalized spacial score (nSPS) is 11.4. The number of rotatable bonds is 6. The van der Waals surface area contributed by atoms with Crippen molar-refractivity contribution < 1.29 is 9.32 Å². The molecule has 2 aromatic heterocycles. The van der Waals surface area contributed by atoms with Gasteiger partial charge in [0, 0.05) is 24.7 Å². The topological polar surface area (TPSA) is 62.5 Å². The molecule has 0 spiro atoms. The molecule has 0 fully saturated rings. The molecule has 0 bridgehead atoms. The highest BCUT2D eigenvalue weighted by atomic mass is 32.1. The lowest BCUT2D eigenvalue weighted by Crippen LogP contribution is -2.36. The standard InChI is InChI=1S/C23H24N4O2S/c1-15-12-16(2)21-20(13-15)30-23(24-21)27(11-10-26(3)4)22(28)18-14-19(29-25-18)17-8-6-5-7-9-17/h5-9,12-14H,10-11H2,1-4H3. The Kier molecular flexibility index (Phi) is 5.65. The number of thiazole rings is 1. The summed E-state index contributed by atoms with van der Waals surface area (Å²) in [6.07, 6.45) is 0. The predicted molar refractivity (Wildman–Crippen MR) is 121 cm³/mol. The molecule has 4 rings (SSSR count). The van der Waals surface area contributed by atoms with Gasteiger partial charge in [0.2, 0.25) is 0 Å². The van der Waals surface area contributed by atoms with Gasteiger partial charge in [0.25, 0.3) is 5.91 Å². The molecule has 0 saturated heterocycles. The summed E-state index contributed by atoms with van der Waals surface area (Å²) in [5.41, 5.74) is 4.40. The van der Waals surface area contributed by atoms with E-state index in [0.717, 1.165) is 21.3 Å². The van der Waals surface area contributed by atoms with Crippen LogP contribution in [0.25, 0.3) is 21.5 Å². The Bertz CT molecular complexity index is 1180. The third-order valence-electron chi connectivity index (χ3n) is 4.85. The Morgan fingerprint density at radius 1 is 1.07 bits per heavy atom. The van der Waals surface area contributed by atoms with E-state index in [-0.39, 0.29) is 11.6 Å². The van der Waals surface area contributed by atoms with Gasteiger partial charge in [-0.25, -0.2) is 4.98 Å². The maximum absolute atomic E-state index is 13.4. The molecule has 0 saturated carbocycles. The monoisotopic (exact) mass is 420 g/mol. The van der Waals surface area contributed by atoms with E-state index < -0.39 is 0 Å². The summed E-state index contributed by atoms with van der Waals surface area (Å²) in [5, 5.41) is 4.72. The van der Waals surface area contributed by atoms with Gasteiger partial charge in [0.1, 0.15) is 0 Å². The zero-order valence-corrected chi connectivity index (χ0v) is 18.4. The summed E-state index contributed by atoms with van der Waals surface area (Å²) >= 11 is 1.53. The molecule has 4 aromatic rings. The van der Waals surface area contributed by atoms with Gasteiger partial charge in [-0.15, -0.1) is 0 Å². The number of nitrogens with zero attached hydrogens (tertiary/aromatic N) is 4. The second-order valence-corrected chi connectivity index (χ2v) is 8.64. The van der Waals surface area contributed by atoms with Gasteiger partial charge in [0.15, 0.2) is 16.6 Å². The molecule has 0 N–H and O–H groups in total. The molecule has 0 atom stereocenters. The van der Waals surface area contributed by atoms with E-state index >= 15 is 0 Å². The first-order valence-corrected chi connectivity index (χ1v) is 10.6. The van der Waals surface area contributed by atoms with Gasteiger partial charge in [-0.05, 0) is 45.1 Å². The second-order valence-electron chi connectivity index (χ2n) is 7.63. The number of carbonyl (C=O) groups is 1. The number of fused-ring (bicyclic) bond motifs is 1. The predicted octanol–water partition coefficient (Wildman–Crippen LogP) is 4.78. The van der Waals surface area contributed by atoms with E-state index in [9.17, 15) is 4.79 Å². The average molecular weight is 421 g/mol. The van der Waals surface area contributed by atoms with E-state index in [2.05, 4.69) is 31.1 Å². The highest BCUT2D eigenvalue weighted by Gasteiger charge is 2.25. The lowest BCUT2D eigenvalue weighted by Gasteiger charge is -2.20. The number of carbonyl (C=O) groups excluding carboxylic acids is 1. The molecule has 2 heterocycles. The first-order valence-electron chi connectivity index (χ1n) is 9.79. The highest BCUT2D eigenvalue weighted by molar-refractivity contribution is 7.22. The molecule has 6 nitrogen and oxygen atoms in total. The summed E-state index contributed by atoms with van der Waals surface area (Å²) in [7, 11) is 3.97. The molecule has 154 valence electrons. The Hall–Kier alpha value is -3.03. The molecule has 0 aliphatic heterocycles. The van der Waals surface area contributed by atoms with Gasteiger partial charge in [-0.2, -0.15) is 0 Å². The molecule has 1 amide bonds.